The zero-order chi connectivity index (χ0) is 25.5. The molecule has 2 N–H and O–H groups in total. The van der Waals surface area contributed by atoms with Gasteiger partial charge in [-0.15, -0.1) is 0 Å². The highest BCUT2D eigenvalue weighted by Gasteiger charge is 2.54. The molecule has 0 saturated carbocycles. The van der Waals surface area contributed by atoms with E-state index in [1.54, 1.807) is 0 Å². The molecule has 0 spiro atoms. The van der Waals surface area contributed by atoms with Crippen LogP contribution in [0.25, 0.3) is 0 Å². The summed E-state index contributed by atoms with van der Waals surface area (Å²) in [6, 6.07) is 9.41. The molecule has 2 unspecified atom stereocenters. The van der Waals surface area contributed by atoms with Crippen LogP contribution < -0.4 is 10.6 Å². The molecule has 0 aromatic heterocycles. The first-order chi connectivity index (χ1) is 16.6. The fourth-order valence-corrected chi connectivity index (χ4v) is 4.35. The lowest BCUT2D eigenvalue weighted by Gasteiger charge is -2.32. The quantitative estimate of drug-likeness (QED) is 0.466. The SMILES string of the molecule is COCC(NC(=O)[C@H]1CCCCO1)C(=O)NC(CCCc1ccccc1)B1OC(C)(C)C(C)(C)O1. The zero-order valence-corrected chi connectivity index (χ0v) is 21.8. The lowest BCUT2D eigenvalue weighted by molar-refractivity contribution is -0.139. The monoisotopic (exact) mass is 488 g/mol. The average Bonchev–Trinajstić information content (AvgIpc) is 3.05. The molecule has 2 saturated heterocycles. The van der Waals surface area contributed by atoms with E-state index in [-0.39, 0.29) is 24.4 Å². The van der Waals surface area contributed by atoms with Crippen LogP contribution in [0.1, 0.15) is 65.4 Å². The van der Waals surface area contributed by atoms with Crippen molar-refractivity contribution in [2.45, 2.75) is 95.5 Å². The molecular formula is C26H41BN2O6. The Labute approximate surface area is 209 Å². The third-order valence-corrected chi connectivity index (χ3v) is 7.19. The smallest absolute Gasteiger partial charge is 0.402 e. The van der Waals surface area contributed by atoms with Crippen LogP contribution in [0, 0.1) is 0 Å². The van der Waals surface area contributed by atoms with Crippen molar-refractivity contribution in [2.75, 3.05) is 20.3 Å². The van der Waals surface area contributed by atoms with Crippen LogP contribution in [-0.2, 0) is 34.8 Å². The van der Waals surface area contributed by atoms with E-state index in [1.807, 2.05) is 45.9 Å². The largest absolute Gasteiger partial charge is 0.481 e. The van der Waals surface area contributed by atoms with Gasteiger partial charge in [0.15, 0.2) is 0 Å². The first-order valence-electron chi connectivity index (χ1n) is 12.7. The first-order valence-corrected chi connectivity index (χ1v) is 12.7. The number of methoxy groups -OCH3 is 1. The summed E-state index contributed by atoms with van der Waals surface area (Å²) in [5.74, 6) is -0.983. The maximum Gasteiger partial charge on any atom is 0.481 e. The molecule has 2 fully saturated rings. The summed E-state index contributed by atoms with van der Waals surface area (Å²) in [5, 5.41) is 5.90. The second-order valence-electron chi connectivity index (χ2n) is 10.5. The highest BCUT2D eigenvalue weighted by atomic mass is 16.7. The van der Waals surface area contributed by atoms with E-state index in [0.29, 0.717) is 19.4 Å². The number of nitrogens with one attached hydrogen (secondary N) is 2. The lowest BCUT2D eigenvalue weighted by atomic mass is 9.75. The second-order valence-corrected chi connectivity index (χ2v) is 10.5. The Morgan fingerprint density at radius 1 is 1.09 bits per heavy atom. The van der Waals surface area contributed by atoms with Gasteiger partial charge in [-0.25, -0.2) is 0 Å². The molecule has 0 radical (unpaired) electrons. The number of hydrogen-bond acceptors (Lipinski definition) is 6. The van der Waals surface area contributed by atoms with E-state index in [0.717, 1.165) is 25.7 Å². The number of rotatable bonds is 11. The van der Waals surface area contributed by atoms with E-state index in [9.17, 15) is 9.59 Å². The minimum atomic E-state index is -0.836. The Kier molecular flexibility index (Phi) is 9.75. The summed E-state index contributed by atoms with van der Waals surface area (Å²) in [6.07, 6.45) is 4.40. The van der Waals surface area contributed by atoms with Crippen molar-refractivity contribution < 1.29 is 28.4 Å². The average molecular weight is 488 g/mol. The van der Waals surface area contributed by atoms with Gasteiger partial charge in [-0.3, -0.25) is 9.59 Å². The molecule has 1 aromatic rings. The molecule has 0 aliphatic carbocycles. The summed E-state index contributed by atoms with van der Waals surface area (Å²) < 4.78 is 23.4. The number of carbonyl (C=O) groups excluding carboxylic acids is 2. The number of ether oxygens (including phenoxy) is 2. The van der Waals surface area contributed by atoms with Crippen LogP contribution >= 0.6 is 0 Å². The van der Waals surface area contributed by atoms with Gasteiger partial charge in [0.1, 0.15) is 12.1 Å². The molecule has 3 rings (SSSR count). The molecule has 8 nitrogen and oxygen atoms in total. The van der Waals surface area contributed by atoms with Crippen molar-refractivity contribution >= 4 is 18.9 Å². The Hall–Kier alpha value is -1.94. The molecule has 2 amide bonds. The molecule has 0 bridgehead atoms. The predicted molar refractivity (Wildman–Crippen MR) is 135 cm³/mol. The van der Waals surface area contributed by atoms with Gasteiger partial charge in [0, 0.05) is 13.7 Å². The summed E-state index contributed by atoms with van der Waals surface area (Å²) in [6.45, 7) is 8.60. The fourth-order valence-electron chi connectivity index (χ4n) is 4.35. The van der Waals surface area contributed by atoms with Crippen LogP contribution in [0.5, 0.6) is 0 Å². The van der Waals surface area contributed by atoms with Crippen molar-refractivity contribution in [3.8, 4) is 0 Å². The molecule has 1 aromatic carbocycles. The van der Waals surface area contributed by atoms with Crippen LogP contribution in [-0.4, -0.2) is 68.5 Å². The standard InChI is InChI=1S/C26H41BN2O6/c1-25(2)26(3,4)35-27(34-25)22(16-11-14-19-12-7-6-8-13-19)29-23(30)20(18-32-5)28-24(31)21-15-9-10-17-33-21/h6-8,12-13,20-22H,9-11,14-18H2,1-5H3,(H,28,31)(H,29,30)/t20?,21-,22?/m1/s1. The van der Waals surface area contributed by atoms with Gasteiger partial charge in [-0.1, -0.05) is 30.3 Å². The van der Waals surface area contributed by atoms with Gasteiger partial charge in [0.05, 0.1) is 23.8 Å². The molecule has 2 heterocycles. The van der Waals surface area contributed by atoms with Gasteiger partial charge in [-0.2, -0.15) is 0 Å². The summed E-state index contributed by atoms with van der Waals surface area (Å²) in [5.41, 5.74) is 0.209. The Bertz CT molecular complexity index is 812. The van der Waals surface area contributed by atoms with Crippen molar-refractivity contribution in [3.63, 3.8) is 0 Å². The molecule has 9 heteroatoms. The summed E-state index contributed by atoms with van der Waals surface area (Å²) in [4.78, 5) is 26.0. The minimum absolute atomic E-state index is 0.0599. The molecule has 2 aliphatic heterocycles. The maximum absolute atomic E-state index is 13.3. The number of benzene rings is 1. The maximum atomic E-state index is 13.3. The fraction of sp³-hybridized carbons (Fsp3) is 0.692. The van der Waals surface area contributed by atoms with Gasteiger partial charge < -0.3 is 29.4 Å². The van der Waals surface area contributed by atoms with E-state index < -0.39 is 30.5 Å². The van der Waals surface area contributed by atoms with E-state index >= 15 is 0 Å². The van der Waals surface area contributed by atoms with Crippen molar-refractivity contribution in [1.82, 2.24) is 10.6 Å². The topological polar surface area (TPSA) is 95.1 Å². The summed E-state index contributed by atoms with van der Waals surface area (Å²) >= 11 is 0. The first kappa shape index (κ1) is 27.6. The molecule has 3 atom stereocenters. The predicted octanol–water partition coefficient (Wildman–Crippen LogP) is 2.83. The van der Waals surface area contributed by atoms with E-state index in [4.69, 9.17) is 18.8 Å². The van der Waals surface area contributed by atoms with Crippen molar-refractivity contribution in [3.05, 3.63) is 35.9 Å². The zero-order valence-electron chi connectivity index (χ0n) is 21.8. The van der Waals surface area contributed by atoms with Crippen LogP contribution in [0.2, 0.25) is 0 Å². The minimum Gasteiger partial charge on any atom is -0.402 e. The number of aryl methyl sites for hydroxylation is 1. The Balaban J connectivity index is 1.67. The third-order valence-electron chi connectivity index (χ3n) is 7.19. The normalized spacial score (nSPS) is 22.9. The van der Waals surface area contributed by atoms with Gasteiger partial charge in [0.2, 0.25) is 11.8 Å². The Morgan fingerprint density at radius 3 is 2.37 bits per heavy atom. The third kappa shape index (κ3) is 7.52. The molecule has 194 valence electrons. The molecule has 35 heavy (non-hydrogen) atoms. The van der Waals surface area contributed by atoms with Crippen LogP contribution in [0.15, 0.2) is 30.3 Å². The van der Waals surface area contributed by atoms with Gasteiger partial charge in [0.25, 0.3) is 0 Å². The molecule has 2 aliphatic rings. The highest BCUT2D eigenvalue weighted by molar-refractivity contribution is 6.48. The van der Waals surface area contributed by atoms with E-state index in [1.165, 1.54) is 12.7 Å². The molecular weight excluding hydrogens is 447 g/mol. The summed E-state index contributed by atoms with van der Waals surface area (Å²) in [7, 11) is 0.912. The highest BCUT2D eigenvalue weighted by Crippen LogP contribution is 2.38. The van der Waals surface area contributed by atoms with Gasteiger partial charge in [-0.05, 0) is 71.8 Å². The van der Waals surface area contributed by atoms with Crippen molar-refractivity contribution in [2.24, 2.45) is 0 Å². The lowest BCUT2D eigenvalue weighted by Crippen LogP contribution is -2.57. The second kappa shape index (κ2) is 12.3. The van der Waals surface area contributed by atoms with Gasteiger partial charge >= 0.3 is 7.12 Å². The Morgan fingerprint density at radius 2 is 1.77 bits per heavy atom. The van der Waals surface area contributed by atoms with Crippen molar-refractivity contribution in [1.29, 1.82) is 0 Å². The number of hydrogen-bond donors (Lipinski definition) is 2. The van der Waals surface area contributed by atoms with E-state index in [2.05, 4.69) is 22.8 Å². The number of amides is 2. The van der Waals surface area contributed by atoms with Crippen LogP contribution in [0.4, 0.5) is 0 Å². The van der Waals surface area contributed by atoms with Crippen LogP contribution in [0.3, 0.4) is 0 Å². The number of carbonyl (C=O) groups is 2.